The molecule has 2 rings (SSSR count). The van der Waals surface area contributed by atoms with Gasteiger partial charge in [0.2, 0.25) is 0 Å². The van der Waals surface area contributed by atoms with E-state index >= 15 is 0 Å². The topological polar surface area (TPSA) is 30.0 Å². The minimum atomic E-state index is -0.410. The van der Waals surface area contributed by atoms with E-state index in [9.17, 15) is 9.18 Å². The molecule has 14 heavy (non-hydrogen) atoms. The van der Waals surface area contributed by atoms with Gasteiger partial charge in [-0.15, -0.1) is 11.3 Å². The molecule has 0 aliphatic carbocycles. The molecule has 0 atom stereocenters. The van der Waals surface area contributed by atoms with E-state index in [-0.39, 0.29) is 0 Å². The Bertz CT molecular complexity index is 453. The Morgan fingerprint density at radius 3 is 2.93 bits per heavy atom. The Morgan fingerprint density at radius 1 is 1.43 bits per heavy atom. The van der Waals surface area contributed by atoms with Crippen LogP contribution in [0.5, 0.6) is 0 Å². The molecule has 0 radical (unpaired) electrons. The molecule has 0 aliphatic heterocycles. The molecule has 0 bridgehead atoms. The first-order chi connectivity index (χ1) is 6.81. The summed E-state index contributed by atoms with van der Waals surface area (Å²) in [5.74, 6) is -0.410. The summed E-state index contributed by atoms with van der Waals surface area (Å²) in [7, 11) is 0. The Balaban J connectivity index is 2.58. The quantitative estimate of drug-likeness (QED) is 0.709. The number of rotatable bonds is 2. The summed E-state index contributed by atoms with van der Waals surface area (Å²) < 4.78 is 12.8. The largest absolute Gasteiger partial charge is 0.298 e. The number of thiazole rings is 1. The van der Waals surface area contributed by atoms with Gasteiger partial charge in [-0.2, -0.15) is 0 Å². The number of aldehydes is 1. The summed E-state index contributed by atoms with van der Waals surface area (Å²) in [5, 5.41) is 2.54. The van der Waals surface area contributed by atoms with Crippen LogP contribution >= 0.6 is 11.3 Å². The second kappa shape index (κ2) is 3.67. The number of hydrogen-bond acceptors (Lipinski definition) is 3. The molecular weight excluding hydrogens is 201 g/mol. The van der Waals surface area contributed by atoms with Gasteiger partial charge in [0, 0.05) is 22.7 Å². The molecular formula is C10H6FNOS. The molecule has 0 saturated carbocycles. The van der Waals surface area contributed by atoms with Crippen molar-refractivity contribution in [3.8, 4) is 10.6 Å². The number of benzene rings is 1. The van der Waals surface area contributed by atoms with Gasteiger partial charge in [0.25, 0.3) is 0 Å². The number of hydrogen-bond donors (Lipinski definition) is 0. The van der Waals surface area contributed by atoms with E-state index in [4.69, 9.17) is 0 Å². The van der Waals surface area contributed by atoms with Crippen molar-refractivity contribution in [2.45, 2.75) is 0 Å². The standard InChI is InChI=1S/C10H6FNOS/c11-8-1-2-9(7(5-8)6-13)10-12-3-4-14-10/h1-6H. The minimum Gasteiger partial charge on any atom is -0.298 e. The van der Waals surface area contributed by atoms with Crippen LogP contribution in [-0.4, -0.2) is 11.3 Å². The molecule has 0 unspecified atom stereocenters. The highest BCUT2D eigenvalue weighted by molar-refractivity contribution is 7.13. The lowest BCUT2D eigenvalue weighted by Gasteiger charge is -1.99. The summed E-state index contributed by atoms with van der Waals surface area (Å²) >= 11 is 1.42. The van der Waals surface area contributed by atoms with Crippen molar-refractivity contribution in [3.05, 3.63) is 41.2 Å². The van der Waals surface area contributed by atoms with Gasteiger partial charge in [-0.3, -0.25) is 4.79 Å². The first-order valence-corrected chi connectivity index (χ1v) is 4.84. The van der Waals surface area contributed by atoms with Crippen molar-refractivity contribution < 1.29 is 9.18 Å². The van der Waals surface area contributed by atoms with E-state index in [1.807, 2.05) is 5.38 Å². The highest BCUT2D eigenvalue weighted by atomic mass is 32.1. The molecule has 0 spiro atoms. The van der Waals surface area contributed by atoms with Gasteiger partial charge in [-0.05, 0) is 18.2 Å². The minimum absolute atomic E-state index is 0.333. The fraction of sp³-hybridized carbons (Fsp3) is 0. The van der Waals surface area contributed by atoms with E-state index in [1.165, 1.54) is 23.5 Å². The number of aromatic nitrogens is 1. The van der Waals surface area contributed by atoms with Crippen LogP contribution in [0.4, 0.5) is 4.39 Å². The summed E-state index contributed by atoms with van der Waals surface area (Å²) in [6.45, 7) is 0. The van der Waals surface area contributed by atoms with Crippen LogP contribution in [0, 0.1) is 5.82 Å². The second-order valence-electron chi connectivity index (χ2n) is 2.69. The molecule has 1 aromatic carbocycles. The highest BCUT2D eigenvalue weighted by Crippen LogP contribution is 2.25. The highest BCUT2D eigenvalue weighted by Gasteiger charge is 2.07. The van der Waals surface area contributed by atoms with Crippen LogP contribution in [-0.2, 0) is 0 Å². The lowest BCUT2D eigenvalue weighted by Crippen LogP contribution is -1.88. The lowest BCUT2D eigenvalue weighted by molar-refractivity contribution is 0.112. The Morgan fingerprint density at radius 2 is 2.29 bits per heavy atom. The third kappa shape index (κ3) is 1.56. The summed E-state index contributed by atoms with van der Waals surface area (Å²) in [5.41, 5.74) is 1.01. The van der Waals surface area contributed by atoms with Crippen molar-refractivity contribution >= 4 is 17.6 Å². The van der Waals surface area contributed by atoms with E-state index in [0.29, 0.717) is 17.4 Å². The van der Waals surface area contributed by atoms with Crippen molar-refractivity contribution in [2.75, 3.05) is 0 Å². The number of nitrogens with zero attached hydrogens (tertiary/aromatic N) is 1. The van der Waals surface area contributed by atoms with Gasteiger partial charge < -0.3 is 0 Å². The van der Waals surface area contributed by atoms with Crippen LogP contribution in [0.15, 0.2) is 29.8 Å². The van der Waals surface area contributed by atoms with Gasteiger partial charge in [0.1, 0.15) is 10.8 Å². The van der Waals surface area contributed by atoms with Crippen LogP contribution < -0.4 is 0 Å². The smallest absolute Gasteiger partial charge is 0.150 e. The maximum Gasteiger partial charge on any atom is 0.150 e. The Labute approximate surface area is 84.0 Å². The molecule has 2 aromatic rings. The van der Waals surface area contributed by atoms with Crippen molar-refractivity contribution in [2.24, 2.45) is 0 Å². The molecule has 1 aromatic heterocycles. The van der Waals surface area contributed by atoms with Gasteiger partial charge in [-0.1, -0.05) is 0 Å². The molecule has 2 nitrogen and oxygen atoms in total. The monoisotopic (exact) mass is 207 g/mol. The average molecular weight is 207 g/mol. The van der Waals surface area contributed by atoms with E-state index in [0.717, 1.165) is 5.01 Å². The van der Waals surface area contributed by atoms with Gasteiger partial charge in [0.15, 0.2) is 6.29 Å². The maximum absolute atomic E-state index is 12.8. The van der Waals surface area contributed by atoms with E-state index in [2.05, 4.69) is 4.98 Å². The third-order valence-electron chi connectivity index (χ3n) is 1.80. The fourth-order valence-electron chi connectivity index (χ4n) is 1.18. The Hall–Kier alpha value is -1.55. The number of halogens is 1. The molecule has 0 aliphatic rings. The van der Waals surface area contributed by atoms with Gasteiger partial charge in [-0.25, -0.2) is 9.37 Å². The zero-order valence-electron chi connectivity index (χ0n) is 7.11. The number of carbonyl (C=O) groups excluding carboxylic acids is 1. The molecule has 0 saturated heterocycles. The van der Waals surface area contributed by atoms with Crippen molar-refractivity contribution in [1.82, 2.24) is 4.98 Å². The molecule has 1 heterocycles. The SMILES string of the molecule is O=Cc1cc(F)ccc1-c1nccs1. The van der Waals surface area contributed by atoms with E-state index < -0.39 is 5.82 Å². The second-order valence-corrected chi connectivity index (χ2v) is 3.58. The van der Waals surface area contributed by atoms with Gasteiger partial charge in [0.05, 0.1) is 0 Å². The molecule has 4 heteroatoms. The number of carbonyl (C=O) groups is 1. The van der Waals surface area contributed by atoms with Crippen molar-refractivity contribution in [1.29, 1.82) is 0 Å². The van der Waals surface area contributed by atoms with E-state index in [1.54, 1.807) is 12.3 Å². The normalized spacial score (nSPS) is 10.1. The molecule has 70 valence electrons. The van der Waals surface area contributed by atoms with Crippen LogP contribution in [0.3, 0.4) is 0 Å². The van der Waals surface area contributed by atoms with Crippen LogP contribution in [0.2, 0.25) is 0 Å². The zero-order valence-corrected chi connectivity index (χ0v) is 7.92. The average Bonchev–Trinajstić information content (AvgIpc) is 2.70. The zero-order chi connectivity index (χ0) is 9.97. The molecule has 0 N–H and O–H groups in total. The van der Waals surface area contributed by atoms with Crippen molar-refractivity contribution in [3.63, 3.8) is 0 Å². The first-order valence-electron chi connectivity index (χ1n) is 3.96. The summed E-state index contributed by atoms with van der Waals surface area (Å²) in [6, 6.07) is 4.10. The predicted molar refractivity (Wildman–Crippen MR) is 52.9 cm³/mol. The maximum atomic E-state index is 12.8. The lowest BCUT2D eigenvalue weighted by atomic mass is 10.1. The predicted octanol–water partition coefficient (Wildman–Crippen LogP) is 2.76. The molecule has 0 amide bonds. The molecule has 0 fully saturated rings. The first kappa shape index (κ1) is 9.02. The summed E-state index contributed by atoms with van der Waals surface area (Å²) in [6.07, 6.45) is 2.29. The van der Waals surface area contributed by atoms with Crippen LogP contribution in [0.25, 0.3) is 10.6 Å². The third-order valence-corrected chi connectivity index (χ3v) is 2.61. The fourth-order valence-corrected chi connectivity index (χ4v) is 1.87. The Kier molecular flexibility index (Phi) is 2.37. The van der Waals surface area contributed by atoms with Gasteiger partial charge >= 0.3 is 0 Å². The van der Waals surface area contributed by atoms with Crippen LogP contribution in [0.1, 0.15) is 10.4 Å². The summed E-state index contributed by atoms with van der Waals surface area (Å²) in [4.78, 5) is 14.7.